The Hall–Kier alpha value is -1.95. The molecule has 0 fully saturated rings. The van der Waals surface area contributed by atoms with Gasteiger partial charge < -0.3 is 14.6 Å². The Bertz CT molecular complexity index is 380. The first kappa shape index (κ1) is 9.60. The Labute approximate surface area is 85.8 Å². The number of hydrogen-bond donors (Lipinski definition) is 3. The van der Waals surface area contributed by atoms with Gasteiger partial charge in [-0.05, 0) is 17.7 Å². The van der Waals surface area contributed by atoms with Crippen LogP contribution in [0, 0.1) is 0 Å². The second-order valence-corrected chi connectivity index (χ2v) is 2.97. The van der Waals surface area contributed by atoms with Gasteiger partial charge in [-0.25, -0.2) is 10.2 Å². The molecule has 1 aromatic carbocycles. The third kappa shape index (κ3) is 2.29. The molecular formula is C9H10N2O4. The summed E-state index contributed by atoms with van der Waals surface area (Å²) in [6.07, 6.45) is -1.12. The van der Waals surface area contributed by atoms with Gasteiger partial charge in [0, 0.05) is 6.54 Å². The Kier molecular flexibility index (Phi) is 2.59. The van der Waals surface area contributed by atoms with E-state index in [4.69, 9.17) is 14.6 Å². The molecule has 0 atom stereocenters. The lowest BCUT2D eigenvalue weighted by Gasteiger charge is -2.04. The summed E-state index contributed by atoms with van der Waals surface area (Å²) in [7, 11) is 0. The van der Waals surface area contributed by atoms with Crippen molar-refractivity contribution < 1.29 is 19.4 Å². The first-order valence-corrected chi connectivity index (χ1v) is 4.36. The van der Waals surface area contributed by atoms with Crippen molar-refractivity contribution in [2.24, 2.45) is 0 Å². The minimum atomic E-state index is -1.12. The summed E-state index contributed by atoms with van der Waals surface area (Å²) < 4.78 is 10.3. The fourth-order valence-corrected chi connectivity index (χ4v) is 1.27. The zero-order chi connectivity index (χ0) is 10.7. The molecule has 0 radical (unpaired) electrons. The van der Waals surface area contributed by atoms with Crippen LogP contribution in [0.5, 0.6) is 11.5 Å². The van der Waals surface area contributed by atoms with Gasteiger partial charge in [0.25, 0.3) is 0 Å². The van der Waals surface area contributed by atoms with Crippen LogP contribution in [0.1, 0.15) is 5.56 Å². The SMILES string of the molecule is O=C(O)NNCc1ccc2c(c1)OCO2. The van der Waals surface area contributed by atoms with Crippen molar-refractivity contribution in [2.75, 3.05) is 6.79 Å². The average molecular weight is 210 g/mol. The molecule has 6 nitrogen and oxygen atoms in total. The Morgan fingerprint density at radius 3 is 3.00 bits per heavy atom. The molecule has 1 aromatic rings. The number of hydrazine groups is 1. The van der Waals surface area contributed by atoms with E-state index in [-0.39, 0.29) is 6.79 Å². The molecule has 6 heteroatoms. The molecule has 0 bridgehead atoms. The van der Waals surface area contributed by atoms with Crippen LogP contribution < -0.4 is 20.3 Å². The second kappa shape index (κ2) is 4.05. The average Bonchev–Trinajstić information content (AvgIpc) is 2.64. The predicted octanol–water partition coefficient (Wildman–Crippen LogP) is 0.687. The highest BCUT2D eigenvalue weighted by Gasteiger charge is 2.12. The molecule has 0 unspecified atom stereocenters. The maximum Gasteiger partial charge on any atom is 0.419 e. The van der Waals surface area contributed by atoms with Crippen molar-refractivity contribution in [3.8, 4) is 11.5 Å². The fourth-order valence-electron chi connectivity index (χ4n) is 1.27. The largest absolute Gasteiger partial charge is 0.464 e. The Morgan fingerprint density at radius 2 is 2.20 bits per heavy atom. The van der Waals surface area contributed by atoms with Gasteiger partial charge in [0.15, 0.2) is 11.5 Å². The van der Waals surface area contributed by atoms with Crippen LogP contribution in [0.2, 0.25) is 0 Å². The van der Waals surface area contributed by atoms with Crippen molar-refractivity contribution >= 4 is 6.09 Å². The number of fused-ring (bicyclic) bond motifs is 1. The number of hydrogen-bond acceptors (Lipinski definition) is 4. The van der Waals surface area contributed by atoms with Gasteiger partial charge in [-0.15, -0.1) is 0 Å². The van der Waals surface area contributed by atoms with Crippen molar-refractivity contribution in [3.05, 3.63) is 23.8 Å². The van der Waals surface area contributed by atoms with Crippen LogP contribution in [0.15, 0.2) is 18.2 Å². The van der Waals surface area contributed by atoms with Gasteiger partial charge in [0.05, 0.1) is 0 Å². The molecule has 0 aromatic heterocycles. The molecular weight excluding hydrogens is 200 g/mol. The fraction of sp³-hybridized carbons (Fsp3) is 0.222. The molecule has 1 aliphatic rings. The van der Waals surface area contributed by atoms with Crippen molar-refractivity contribution in [2.45, 2.75) is 6.54 Å². The molecule has 0 saturated heterocycles. The summed E-state index contributed by atoms with van der Waals surface area (Å²) >= 11 is 0. The molecule has 15 heavy (non-hydrogen) atoms. The van der Waals surface area contributed by atoms with Crippen LogP contribution in [0.4, 0.5) is 4.79 Å². The second-order valence-electron chi connectivity index (χ2n) is 2.97. The lowest BCUT2D eigenvalue weighted by atomic mass is 10.2. The van der Waals surface area contributed by atoms with E-state index >= 15 is 0 Å². The molecule has 0 aliphatic carbocycles. The number of nitrogens with one attached hydrogen (secondary N) is 2. The molecule has 0 spiro atoms. The van der Waals surface area contributed by atoms with Crippen molar-refractivity contribution in [1.82, 2.24) is 10.9 Å². The van der Waals surface area contributed by atoms with E-state index in [0.717, 1.165) is 5.56 Å². The first-order valence-electron chi connectivity index (χ1n) is 4.36. The third-order valence-electron chi connectivity index (χ3n) is 1.92. The molecule has 2 rings (SSSR count). The lowest BCUT2D eigenvalue weighted by molar-refractivity contribution is 0.174. The summed E-state index contributed by atoms with van der Waals surface area (Å²) in [6.45, 7) is 0.628. The third-order valence-corrected chi connectivity index (χ3v) is 1.92. The minimum Gasteiger partial charge on any atom is -0.464 e. The molecule has 1 aliphatic heterocycles. The van der Waals surface area contributed by atoms with Gasteiger partial charge >= 0.3 is 6.09 Å². The summed E-state index contributed by atoms with van der Waals surface area (Å²) in [5.74, 6) is 1.40. The molecule has 80 valence electrons. The number of amides is 1. The summed E-state index contributed by atoms with van der Waals surface area (Å²) in [5, 5.41) is 8.33. The Balaban J connectivity index is 1.95. The van der Waals surface area contributed by atoms with Gasteiger partial charge in [-0.3, -0.25) is 5.43 Å². The first-order chi connectivity index (χ1) is 7.25. The maximum atomic E-state index is 10.2. The predicted molar refractivity (Wildman–Crippen MR) is 50.6 cm³/mol. The standard InChI is InChI=1S/C9H10N2O4/c12-9(13)11-10-4-6-1-2-7-8(3-6)15-5-14-7/h1-3,10-11H,4-5H2,(H,12,13). The van der Waals surface area contributed by atoms with E-state index in [2.05, 4.69) is 10.9 Å². The summed E-state index contributed by atoms with van der Waals surface area (Å²) in [4.78, 5) is 10.2. The Morgan fingerprint density at radius 1 is 1.40 bits per heavy atom. The van der Waals surface area contributed by atoms with Crippen molar-refractivity contribution in [1.29, 1.82) is 0 Å². The van der Waals surface area contributed by atoms with E-state index in [9.17, 15) is 4.79 Å². The number of rotatable bonds is 3. The van der Waals surface area contributed by atoms with Gasteiger partial charge in [0.1, 0.15) is 0 Å². The number of ether oxygens (including phenoxy) is 2. The molecule has 1 amide bonds. The summed E-state index contributed by atoms with van der Waals surface area (Å²) in [5.41, 5.74) is 5.51. The minimum absolute atomic E-state index is 0.236. The van der Waals surface area contributed by atoms with Crippen LogP contribution in [0.3, 0.4) is 0 Å². The maximum absolute atomic E-state index is 10.2. The monoisotopic (exact) mass is 210 g/mol. The number of carboxylic acid groups (broad SMARTS) is 1. The topological polar surface area (TPSA) is 79.8 Å². The highest BCUT2D eigenvalue weighted by molar-refractivity contribution is 5.63. The molecule has 1 heterocycles. The zero-order valence-electron chi connectivity index (χ0n) is 7.82. The van der Waals surface area contributed by atoms with Crippen LogP contribution >= 0.6 is 0 Å². The van der Waals surface area contributed by atoms with E-state index in [1.54, 1.807) is 12.1 Å². The van der Waals surface area contributed by atoms with E-state index in [0.29, 0.717) is 18.0 Å². The molecule has 3 N–H and O–H groups in total. The van der Waals surface area contributed by atoms with E-state index in [1.165, 1.54) is 0 Å². The highest BCUT2D eigenvalue weighted by atomic mass is 16.7. The van der Waals surface area contributed by atoms with Gasteiger partial charge in [0.2, 0.25) is 6.79 Å². The smallest absolute Gasteiger partial charge is 0.419 e. The van der Waals surface area contributed by atoms with E-state index in [1.807, 2.05) is 6.07 Å². The quantitative estimate of drug-likeness (QED) is 0.639. The lowest BCUT2D eigenvalue weighted by Crippen LogP contribution is -2.35. The zero-order valence-corrected chi connectivity index (χ0v) is 7.82. The van der Waals surface area contributed by atoms with Crippen molar-refractivity contribution in [3.63, 3.8) is 0 Å². The van der Waals surface area contributed by atoms with Crippen LogP contribution in [-0.2, 0) is 6.54 Å². The van der Waals surface area contributed by atoms with Crippen LogP contribution in [0.25, 0.3) is 0 Å². The molecule has 0 saturated carbocycles. The van der Waals surface area contributed by atoms with E-state index < -0.39 is 6.09 Å². The van der Waals surface area contributed by atoms with Gasteiger partial charge in [-0.2, -0.15) is 0 Å². The number of benzene rings is 1. The number of carbonyl (C=O) groups is 1. The van der Waals surface area contributed by atoms with Gasteiger partial charge in [-0.1, -0.05) is 6.07 Å². The summed E-state index contributed by atoms with van der Waals surface area (Å²) in [6, 6.07) is 5.43. The van der Waals surface area contributed by atoms with Crippen LogP contribution in [-0.4, -0.2) is 18.0 Å². The normalized spacial score (nSPS) is 12.5. The highest BCUT2D eigenvalue weighted by Crippen LogP contribution is 2.32.